The van der Waals surface area contributed by atoms with Gasteiger partial charge in [0.25, 0.3) is 0 Å². The molecule has 0 aromatic carbocycles. The van der Waals surface area contributed by atoms with Crippen LogP contribution in [0.2, 0.25) is 0 Å². The Morgan fingerprint density at radius 1 is 1.17 bits per heavy atom. The van der Waals surface area contributed by atoms with Gasteiger partial charge < -0.3 is 10.6 Å². The number of thiazole rings is 1. The fourth-order valence-electron chi connectivity index (χ4n) is 2.87. The van der Waals surface area contributed by atoms with Gasteiger partial charge in [-0.3, -0.25) is 4.98 Å². The summed E-state index contributed by atoms with van der Waals surface area (Å²) in [6.07, 6.45) is 4.94. The highest BCUT2D eigenvalue weighted by Crippen LogP contribution is 2.29. The van der Waals surface area contributed by atoms with Crippen LogP contribution in [0.4, 0.5) is 10.9 Å². The monoisotopic (exact) mass is 338 g/mol. The normalized spacial score (nSPS) is 12.9. The number of aryl methyl sites for hydroxylation is 1. The molecule has 0 unspecified atom stereocenters. The minimum absolute atomic E-state index is 0.656. The Labute approximate surface area is 144 Å². The zero-order chi connectivity index (χ0) is 16.4. The van der Waals surface area contributed by atoms with Crippen molar-refractivity contribution in [2.75, 3.05) is 17.7 Å². The molecule has 0 amide bonds. The van der Waals surface area contributed by atoms with E-state index >= 15 is 0 Å². The summed E-state index contributed by atoms with van der Waals surface area (Å²) in [7, 11) is 1.88. The van der Waals surface area contributed by atoms with Gasteiger partial charge in [0.2, 0.25) is 0 Å². The standard InChI is InChI=1S/C17H18N6S/c1-18-17-21-11(10-24-17)9-20-15-12-5-4-7-13(12)22-16(23-15)14-6-2-3-8-19-14/h2-3,6,8,10H,4-5,7,9H2,1H3,(H,18,21)(H,20,22,23). The number of hydrogen-bond donors (Lipinski definition) is 2. The average molecular weight is 338 g/mol. The topological polar surface area (TPSA) is 75.6 Å². The highest BCUT2D eigenvalue weighted by atomic mass is 32.1. The summed E-state index contributed by atoms with van der Waals surface area (Å²) in [6, 6.07) is 5.80. The summed E-state index contributed by atoms with van der Waals surface area (Å²) < 4.78 is 0. The Balaban J connectivity index is 1.63. The van der Waals surface area contributed by atoms with Crippen molar-refractivity contribution in [3.8, 4) is 11.5 Å². The van der Waals surface area contributed by atoms with Crippen molar-refractivity contribution in [2.24, 2.45) is 0 Å². The lowest BCUT2D eigenvalue weighted by Crippen LogP contribution is -2.08. The molecule has 0 bridgehead atoms. The van der Waals surface area contributed by atoms with Crippen molar-refractivity contribution in [1.82, 2.24) is 19.9 Å². The number of rotatable bonds is 5. The van der Waals surface area contributed by atoms with E-state index in [1.807, 2.05) is 25.2 Å². The molecule has 2 N–H and O–H groups in total. The molecule has 0 saturated heterocycles. The fraction of sp³-hybridized carbons (Fsp3) is 0.294. The molecule has 0 fully saturated rings. The average Bonchev–Trinajstić information content (AvgIpc) is 3.29. The van der Waals surface area contributed by atoms with E-state index in [9.17, 15) is 0 Å². The summed E-state index contributed by atoms with van der Waals surface area (Å²) in [5.41, 5.74) is 4.19. The molecule has 1 aliphatic rings. The maximum Gasteiger partial charge on any atom is 0.182 e. The molecule has 0 atom stereocenters. The summed E-state index contributed by atoms with van der Waals surface area (Å²) in [6.45, 7) is 0.656. The van der Waals surface area contributed by atoms with Gasteiger partial charge in [-0.05, 0) is 31.4 Å². The second kappa shape index (κ2) is 6.52. The van der Waals surface area contributed by atoms with Gasteiger partial charge in [0.05, 0.1) is 12.2 Å². The zero-order valence-corrected chi connectivity index (χ0v) is 14.2. The third-order valence-corrected chi connectivity index (χ3v) is 4.94. The molecule has 3 aromatic rings. The molecule has 7 heteroatoms. The van der Waals surface area contributed by atoms with Crippen molar-refractivity contribution in [1.29, 1.82) is 0 Å². The van der Waals surface area contributed by atoms with E-state index in [-0.39, 0.29) is 0 Å². The number of nitrogens with zero attached hydrogens (tertiary/aromatic N) is 4. The van der Waals surface area contributed by atoms with E-state index in [2.05, 4.69) is 26.0 Å². The van der Waals surface area contributed by atoms with Gasteiger partial charge in [-0.25, -0.2) is 15.0 Å². The van der Waals surface area contributed by atoms with Crippen LogP contribution in [0.1, 0.15) is 23.4 Å². The molecule has 0 saturated carbocycles. The van der Waals surface area contributed by atoms with Crippen LogP contribution < -0.4 is 10.6 Å². The van der Waals surface area contributed by atoms with E-state index in [0.717, 1.165) is 47.3 Å². The first-order valence-electron chi connectivity index (χ1n) is 8.00. The van der Waals surface area contributed by atoms with Gasteiger partial charge in [-0.1, -0.05) is 6.07 Å². The number of anilines is 2. The Morgan fingerprint density at radius 3 is 2.92 bits per heavy atom. The van der Waals surface area contributed by atoms with Crippen LogP contribution in [0.25, 0.3) is 11.5 Å². The predicted molar refractivity (Wildman–Crippen MR) is 96.3 cm³/mol. The van der Waals surface area contributed by atoms with Crippen molar-refractivity contribution in [3.63, 3.8) is 0 Å². The van der Waals surface area contributed by atoms with E-state index in [1.54, 1.807) is 17.5 Å². The number of hydrogen-bond acceptors (Lipinski definition) is 7. The van der Waals surface area contributed by atoms with E-state index in [4.69, 9.17) is 9.97 Å². The van der Waals surface area contributed by atoms with Gasteiger partial charge >= 0.3 is 0 Å². The highest BCUT2D eigenvalue weighted by molar-refractivity contribution is 7.13. The predicted octanol–water partition coefficient (Wildman–Crippen LogP) is 3.14. The SMILES string of the molecule is CNc1nc(CNc2nc(-c3ccccn3)nc3c2CCC3)cs1. The maximum absolute atomic E-state index is 4.73. The largest absolute Gasteiger partial charge is 0.365 e. The molecule has 6 nitrogen and oxygen atoms in total. The lowest BCUT2D eigenvalue weighted by molar-refractivity contribution is 0.899. The van der Waals surface area contributed by atoms with Gasteiger partial charge in [-0.15, -0.1) is 11.3 Å². The maximum atomic E-state index is 4.73. The lowest BCUT2D eigenvalue weighted by atomic mass is 10.2. The molecule has 0 radical (unpaired) electrons. The minimum atomic E-state index is 0.656. The van der Waals surface area contributed by atoms with Crippen LogP contribution in [0, 0.1) is 0 Å². The Bertz CT molecular complexity index is 846. The molecular formula is C17H18N6S. The molecular weight excluding hydrogens is 320 g/mol. The van der Waals surface area contributed by atoms with Crippen molar-refractivity contribution in [2.45, 2.75) is 25.8 Å². The van der Waals surface area contributed by atoms with Gasteiger partial charge in [0, 0.05) is 29.9 Å². The second-order valence-electron chi connectivity index (χ2n) is 5.64. The van der Waals surface area contributed by atoms with Crippen LogP contribution in [0.3, 0.4) is 0 Å². The van der Waals surface area contributed by atoms with Crippen molar-refractivity contribution >= 4 is 22.3 Å². The molecule has 122 valence electrons. The van der Waals surface area contributed by atoms with Crippen LogP contribution in [-0.2, 0) is 19.4 Å². The molecule has 0 spiro atoms. The van der Waals surface area contributed by atoms with E-state index in [1.165, 1.54) is 5.56 Å². The second-order valence-corrected chi connectivity index (χ2v) is 6.50. The molecule has 3 heterocycles. The first kappa shape index (κ1) is 15.0. The van der Waals surface area contributed by atoms with Crippen LogP contribution in [0.5, 0.6) is 0 Å². The Morgan fingerprint density at radius 2 is 2.12 bits per heavy atom. The molecule has 24 heavy (non-hydrogen) atoms. The first-order valence-corrected chi connectivity index (χ1v) is 8.88. The number of aromatic nitrogens is 4. The van der Waals surface area contributed by atoms with Gasteiger partial charge in [0.15, 0.2) is 11.0 Å². The number of fused-ring (bicyclic) bond motifs is 1. The molecule has 1 aliphatic carbocycles. The third-order valence-electron chi connectivity index (χ3n) is 4.03. The molecule has 0 aliphatic heterocycles. The summed E-state index contributed by atoms with van der Waals surface area (Å²) in [4.78, 5) is 18.3. The van der Waals surface area contributed by atoms with Crippen LogP contribution in [-0.4, -0.2) is 27.0 Å². The lowest BCUT2D eigenvalue weighted by Gasteiger charge is -2.11. The first-order chi connectivity index (χ1) is 11.8. The Hall–Kier alpha value is -2.54. The third kappa shape index (κ3) is 2.94. The minimum Gasteiger partial charge on any atom is -0.365 e. The zero-order valence-electron chi connectivity index (χ0n) is 13.4. The molecule has 4 rings (SSSR count). The van der Waals surface area contributed by atoms with Crippen molar-refractivity contribution in [3.05, 3.63) is 46.7 Å². The van der Waals surface area contributed by atoms with Gasteiger partial charge in [-0.2, -0.15) is 0 Å². The van der Waals surface area contributed by atoms with Crippen molar-refractivity contribution < 1.29 is 0 Å². The quantitative estimate of drug-likeness (QED) is 0.744. The fourth-order valence-corrected chi connectivity index (χ4v) is 3.54. The van der Waals surface area contributed by atoms with Crippen LogP contribution in [0.15, 0.2) is 29.8 Å². The van der Waals surface area contributed by atoms with Crippen LogP contribution >= 0.6 is 11.3 Å². The number of nitrogens with one attached hydrogen (secondary N) is 2. The van der Waals surface area contributed by atoms with E-state index < -0.39 is 0 Å². The molecule has 3 aromatic heterocycles. The summed E-state index contributed by atoms with van der Waals surface area (Å²) in [5, 5.41) is 9.49. The summed E-state index contributed by atoms with van der Waals surface area (Å²) >= 11 is 1.61. The Kier molecular flexibility index (Phi) is 4.08. The highest BCUT2D eigenvalue weighted by Gasteiger charge is 2.20. The van der Waals surface area contributed by atoms with Gasteiger partial charge in [0.1, 0.15) is 11.5 Å². The summed E-state index contributed by atoms with van der Waals surface area (Å²) in [5.74, 6) is 1.60. The van der Waals surface area contributed by atoms with E-state index in [0.29, 0.717) is 12.4 Å². The smallest absolute Gasteiger partial charge is 0.182 e. The number of pyridine rings is 1.